The average molecular weight is 406 g/mol. The zero-order valence-electron chi connectivity index (χ0n) is 16.7. The molecule has 0 radical (unpaired) electrons. The highest BCUT2D eigenvalue weighted by Gasteiger charge is 2.26. The first-order valence-corrected chi connectivity index (χ1v) is 10.6. The number of thioether (sulfide) groups is 1. The third kappa shape index (κ3) is 4.01. The van der Waals surface area contributed by atoms with Crippen molar-refractivity contribution < 1.29 is 9.52 Å². The lowest BCUT2D eigenvalue weighted by Crippen LogP contribution is -2.17. The number of hydrogen-bond acceptors (Lipinski definition) is 5. The summed E-state index contributed by atoms with van der Waals surface area (Å²) in [6.07, 6.45) is 0.516. The largest absolute Gasteiger partial charge is 0.507 e. The number of fused-ring (bicyclic) bond motifs is 1. The molecule has 0 aliphatic carbocycles. The van der Waals surface area contributed by atoms with Crippen LogP contribution in [0.2, 0.25) is 0 Å². The van der Waals surface area contributed by atoms with Gasteiger partial charge in [0.15, 0.2) is 0 Å². The molecule has 1 aromatic heterocycles. The Kier molecular flexibility index (Phi) is 5.33. The van der Waals surface area contributed by atoms with Gasteiger partial charge in [0.25, 0.3) is 0 Å². The molecule has 4 rings (SSSR count). The van der Waals surface area contributed by atoms with E-state index in [1.165, 1.54) is 17.2 Å². The van der Waals surface area contributed by atoms with E-state index in [9.17, 15) is 9.90 Å². The molecule has 0 amide bonds. The predicted molar refractivity (Wildman–Crippen MR) is 118 cm³/mol. The second-order valence-electron chi connectivity index (χ2n) is 7.56. The smallest absolute Gasteiger partial charge is 0.348 e. The third-order valence-electron chi connectivity index (χ3n) is 5.09. The lowest BCUT2D eigenvalue weighted by molar-refractivity contribution is 0.432. The van der Waals surface area contributed by atoms with Crippen molar-refractivity contribution in [3.8, 4) is 5.75 Å². The quantitative estimate of drug-likeness (QED) is 0.569. The van der Waals surface area contributed by atoms with Crippen LogP contribution in [0.3, 0.4) is 0 Å². The van der Waals surface area contributed by atoms with Crippen molar-refractivity contribution in [3.05, 3.63) is 87.5 Å². The maximum atomic E-state index is 12.5. The predicted octanol–water partition coefficient (Wildman–Crippen LogP) is 6.14. The molecule has 0 fully saturated rings. The number of aryl methyl sites for hydroxylation is 1. The summed E-state index contributed by atoms with van der Waals surface area (Å²) in [6.45, 7) is 6.00. The lowest BCUT2D eigenvalue weighted by atomic mass is 9.98. The van der Waals surface area contributed by atoms with E-state index in [4.69, 9.17) is 9.41 Å². The van der Waals surface area contributed by atoms with Crippen LogP contribution in [0.25, 0.3) is 0 Å². The van der Waals surface area contributed by atoms with Crippen molar-refractivity contribution in [1.29, 1.82) is 0 Å². The summed E-state index contributed by atoms with van der Waals surface area (Å²) < 4.78 is 5.25. The van der Waals surface area contributed by atoms with Crippen LogP contribution in [-0.2, 0) is 0 Å². The van der Waals surface area contributed by atoms with Crippen LogP contribution < -0.4 is 5.63 Å². The number of aromatic hydroxyl groups is 1. The Labute approximate surface area is 174 Å². The summed E-state index contributed by atoms with van der Waals surface area (Å²) in [6, 6.07) is 18.0. The Morgan fingerprint density at radius 3 is 2.55 bits per heavy atom. The van der Waals surface area contributed by atoms with E-state index in [1.54, 1.807) is 18.7 Å². The van der Waals surface area contributed by atoms with Gasteiger partial charge in [-0.2, -0.15) is 0 Å². The highest BCUT2D eigenvalue weighted by molar-refractivity contribution is 7.99. The fraction of sp³-hybridized carbons (Fsp3) is 0.250. The summed E-state index contributed by atoms with van der Waals surface area (Å²) in [5, 5.41) is 10.5. The Morgan fingerprint density at radius 2 is 1.86 bits per heavy atom. The summed E-state index contributed by atoms with van der Waals surface area (Å²) in [7, 11) is 0. The normalized spacial score (nSPS) is 16.3. The van der Waals surface area contributed by atoms with Gasteiger partial charge < -0.3 is 9.52 Å². The van der Waals surface area contributed by atoms with Gasteiger partial charge in [0.05, 0.1) is 11.4 Å². The standard InChI is InChI=1S/C24H23NO3S/c1-14(2)16-8-10-17(11-9-16)22-13-19(23-20(26)12-15(3)28-24(23)27)25-18-6-4-5-7-21(18)29-22/h4-12,14,22,26H,13H2,1-3H3/t22-/m0/s1. The molecule has 0 bridgehead atoms. The number of rotatable bonds is 3. The molecule has 0 spiro atoms. The van der Waals surface area contributed by atoms with E-state index in [-0.39, 0.29) is 16.6 Å². The van der Waals surface area contributed by atoms with Crippen LogP contribution in [-0.4, -0.2) is 10.8 Å². The topological polar surface area (TPSA) is 62.8 Å². The van der Waals surface area contributed by atoms with Gasteiger partial charge in [-0.3, -0.25) is 4.99 Å². The summed E-state index contributed by atoms with van der Waals surface area (Å²) in [4.78, 5) is 18.3. The first kappa shape index (κ1) is 19.5. The zero-order valence-corrected chi connectivity index (χ0v) is 17.5. The van der Waals surface area contributed by atoms with Crippen LogP contribution in [0.1, 0.15) is 53.9 Å². The molecule has 1 aliphatic heterocycles. The van der Waals surface area contributed by atoms with E-state index in [0.717, 1.165) is 10.6 Å². The molecule has 148 valence electrons. The van der Waals surface area contributed by atoms with Gasteiger partial charge in [0.2, 0.25) is 0 Å². The van der Waals surface area contributed by atoms with Gasteiger partial charge in [0.1, 0.15) is 17.1 Å². The molecule has 1 atom stereocenters. The molecule has 29 heavy (non-hydrogen) atoms. The monoisotopic (exact) mass is 405 g/mol. The van der Waals surface area contributed by atoms with E-state index in [0.29, 0.717) is 23.8 Å². The summed E-state index contributed by atoms with van der Waals surface area (Å²) in [5.74, 6) is 0.759. The van der Waals surface area contributed by atoms with Crippen molar-refractivity contribution >= 4 is 23.2 Å². The molecule has 0 saturated heterocycles. The molecule has 0 unspecified atom stereocenters. The van der Waals surface area contributed by atoms with Crippen LogP contribution in [0.15, 0.2) is 73.7 Å². The molecular weight excluding hydrogens is 382 g/mol. The molecule has 4 nitrogen and oxygen atoms in total. The molecular formula is C24H23NO3S. The second-order valence-corrected chi connectivity index (χ2v) is 8.81. The van der Waals surface area contributed by atoms with E-state index in [1.807, 2.05) is 24.3 Å². The SMILES string of the molecule is Cc1cc(O)c(C2=Nc3ccccc3S[C@H](c3ccc(C(C)C)cc3)C2)c(=O)o1. The minimum atomic E-state index is -0.556. The summed E-state index contributed by atoms with van der Waals surface area (Å²) >= 11 is 1.73. The van der Waals surface area contributed by atoms with Crippen LogP contribution in [0.5, 0.6) is 5.75 Å². The number of para-hydroxylation sites is 1. The molecule has 5 heteroatoms. The number of hydrogen-bond donors (Lipinski definition) is 1. The Balaban J connectivity index is 1.82. The van der Waals surface area contributed by atoms with Crippen LogP contribution in [0.4, 0.5) is 5.69 Å². The van der Waals surface area contributed by atoms with Crippen molar-refractivity contribution in [1.82, 2.24) is 0 Å². The molecule has 2 aromatic carbocycles. The second kappa shape index (κ2) is 7.91. The summed E-state index contributed by atoms with van der Waals surface area (Å²) in [5.41, 5.74) is 3.40. The van der Waals surface area contributed by atoms with Crippen molar-refractivity contribution in [2.24, 2.45) is 4.99 Å². The highest BCUT2D eigenvalue weighted by atomic mass is 32.2. The lowest BCUT2D eigenvalue weighted by Gasteiger charge is -2.17. The van der Waals surface area contributed by atoms with Gasteiger partial charge >= 0.3 is 5.63 Å². The van der Waals surface area contributed by atoms with Crippen LogP contribution >= 0.6 is 11.8 Å². The van der Waals surface area contributed by atoms with Gasteiger partial charge in [-0.1, -0.05) is 50.2 Å². The van der Waals surface area contributed by atoms with Gasteiger partial charge in [-0.15, -0.1) is 11.8 Å². The zero-order chi connectivity index (χ0) is 20.5. The molecule has 1 aliphatic rings. The van der Waals surface area contributed by atoms with Gasteiger partial charge in [-0.05, 0) is 36.1 Å². The fourth-order valence-electron chi connectivity index (χ4n) is 3.51. The van der Waals surface area contributed by atoms with Crippen LogP contribution in [0, 0.1) is 6.92 Å². The molecule has 2 heterocycles. The van der Waals surface area contributed by atoms with Crippen molar-refractivity contribution in [2.75, 3.05) is 0 Å². The molecule has 3 aromatic rings. The third-order valence-corrected chi connectivity index (χ3v) is 6.41. The minimum Gasteiger partial charge on any atom is -0.507 e. The van der Waals surface area contributed by atoms with E-state index >= 15 is 0 Å². The molecule has 1 N–H and O–H groups in total. The number of benzene rings is 2. The van der Waals surface area contributed by atoms with Gasteiger partial charge in [0, 0.05) is 22.6 Å². The first-order chi connectivity index (χ1) is 13.9. The van der Waals surface area contributed by atoms with Crippen molar-refractivity contribution in [3.63, 3.8) is 0 Å². The minimum absolute atomic E-state index is 0.0683. The average Bonchev–Trinajstić information content (AvgIpc) is 2.87. The van der Waals surface area contributed by atoms with Gasteiger partial charge in [-0.25, -0.2) is 4.79 Å². The van der Waals surface area contributed by atoms with E-state index < -0.39 is 5.63 Å². The molecule has 0 saturated carbocycles. The Bertz CT molecular complexity index is 1130. The van der Waals surface area contributed by atoms with Crippen molar-refractivity contribution in [2.45, 2.75) is 43.3 Å². The van der Waals surface area contributed by atoms with E-state index in [2.05, 4.69) is 38.1 Å². The Hall–Kier alpha value is -2.79. The number of nitrogens with zero attached hydrogens (tertiary/aromatic N) is 1. The highest BCUT2D eigenvalue weighted by Crippen LogP contribution is 2.45. The maximum Gasteiger partial charge on any atom is 0.348 e. The fourth-order valence-corrected chi connectivity index (χ4v) is 4.74. The number of aliphatic imine (C=N–C) groups is 1. The first-order valence-electron chi connectivity index (χ1n) is 9.69. The Morgan fingerprint density at radius 1 is 1.14 bits per heavy atom. The maximum absolute atomic E-state index is 12.5.